The quantitative estimate of drug-likeness (QED) is 0.866. The third-order valence-electron chi connectivity index (χ3n) is 4.24. The number of nitrogens with zero attached hydrogens (tertiary/aromatic N) is 1. The number of phenolic OH excluding ortho intramolecular Hbond substituents is 1. The predicted molar refractivity (Wildman–Crippen MR) is 82.0 cm³/mol. The number of rotatable bonds is 4. The van der Waals surface area contributed by atoms with Crippen LogP contribution in [-0.4, -0.2) is 36.2 Å². The van der Waals surface area contributed by atoms with Gasteiger partial charge < -0.3 is 14.7 Å². The Kier molecular flexibility index (Phi) is 5.23. The normalized spacial score (nSPS) is 23.8. The lowest BCUT2D eigenvalue weighted by molar-refractivity contribution is -0.152. The van der Waals surface area contributed by atoms with Crippen LogP contribution in [-0.2, 0) is 9.53 Å². The van der Waals surface area contributed by atoms with Gasteiger partial charge in [0.15, 0.2) is 0 Å². The molecular weight excluding hydrogens is 266 g/mol. The third kappa shape index (κ3) is 3.97. The Morgan fingerprint density at radius 3 is 2.67 bits per heavy atom. The molecule has 1 aromatic rings. The number of carbonyl (C=O) groups is 1. The van der Waals surface area contributed by atoms with Gasteiger partial charge >= 0.3 is 5.97 Å². The summed E-state index contributed by atoms with van der Waals surface area (Å²) in [5.74, 6) is 0.332. The first kappa shape index (κ1) is 15.8. The summed E-state index contributed by atoms with van der Waals surface area (Å²) in [4.78, 5) is 13.5. The average molecular weight is 291 g/mol. The van der Waals surface area contributed by atoms with Crippen molar-refractivity contribution in [2.24, 2.45) is 5.92 Å². The van der Waals surface area contributed by atoms with Crippen LogP contribution in [0.2, 0.25) is 0 Å². The number of esters is 1. The molecule has 0 heterocycles. The first-order valence-corrected chi connectivity index (χ1v) is 7.61. The standard InChI is InChI=1S/C17H25NO3/c1-12(19)21-16-10-5-4-9-15(16)17(18(2)3)13-7-6-8-14(20)11-13/h6-8,11,15-17,20H,4-5,9-10H2,1-3H3/t15-,16+,17?/m0/s1. The van der Waals surface area contributed by atoms with Gasteiger partial charge in [-0.15, -0.1) is 0 Å². The lowest BCUT2D eigenvalue weighted by Gasteiger charge is -2.39. The zero-order valence-electron chi connectivity index (χ0n) is 13.1. The molecule has 3 atom stereocenters. The number of ether oxygens (including phenoxy) is 1. The van der Waals surface area contributed by atoms with E-state index in [0.717, 1.165) is 31.2 Å². The van der Waals surface area contributed by atoms with Gasteiger partial charge in [-0.05, 0) is 51.1 Å². The number of phenols is 1. The van der Waals surface area contributed by atoms with Crippen molar-refractivity contribution >= 4 is 5.97 Å². The van der Waals surface area contributed by atoms with Crippen LogP contribution in [0.25, 0.3) is 0 Å². The zero-order chi connectivity index (χ0) is 15.4. The largest absolute Gasteiger partial charge is 0.508 e. The number of carbonyl (C=O) groups excluding carboxylic acids is 1. The van der Waals surface area contributed by atoms with Crippen LogP contribution in [0.3, 0.4) is 0 Å². The Morgan fingerprint density at radius 2 is 2.05 bits per heavy atom. The smallest absolute Gasteiger partial charge is 0.302 e. The van der Waals surface area contributed by atoms with Crippen molar-refractivity contribution in [2.75, 3.05) is 14.1 Å². The second-order valence-electron chi connectivity index (χ2n) is 6.10. The Hall–Kier alpha value is -1.55. The molecule has 1 aromatic carbocycles. The summed E-state index contributed by atoms with van der Waals surface area (Å²) in [6.45, 7) is 1.48. The van der Waals surface area contributed by atoms with Crippen molar-refractivity contribution in [1.29, 1.82) is 0 Å². The summed E-state index contributed by atoms with van der Waals surface area (Å²) in [6, 6.07) is 7.53. The van der Waals surface area contributed by atoms with E-state index in [1.54, 1.807) is 6.07 Å². The van der Waals surface area contributed by atoms with Gasteiger partial charge in [0.05, 0.1) is 0 Å². The van der Waals surface area contributed by atoms with Crippen molar-refractivity contribution in [3.8, 4) is 5.75 Å². The molecule has 0 aromatic heterocycles. The molecule has 2 rings (SSSR count). The number of benzene rings is 1. The maximum Gasteiger partial charge on any atom is 0.302 e. The molecule has 0 bridgehead atoms. The highest BCUT2D eigenvalue weighted by Crippen LogP contribution is 2.39. The van der Waals surface area contributed by atoms with Crippen molar-refractivity contribution in [2.45, 2.75) is 44.8 Å². The van der Waals surface area contributed by atoms with E-state index in [4.69, 9.17) is 4.74 Å². The van der Waals surface area contributed by atoms with Gasteiger partial charge in [0.25, 0.3) is 0 Å². The van der Waals surface area contributed by atoms with Crippen molar-refractivity contribution in [3.05, 3.63) is 29.8 Å². The van der Waals surface area contributed by atoms with Gasteiger partial charge in [-0.25, -0.2) is 0 Å². The van der Waals surface area contributed by atoms with Gasteiger partial charge in [-0.3, -0.25) is 4.79 Å². The summed E-state index contributed by atoms with van der Waals surface area (Å²) in [6.07, 6.45) is 4.19. The van der Waals surface area contributed by atoms with E-state index in [1.807, 2.05) is 32.3 Å². The Balaban J connectivity index is 2.28. The molecule has 1 saturated carbocycles. The molecule has 0 radical (unpaired) electrons. The van der Waals surface area contributed by atoms with Gasteiger partial charge in [-0.2, -0.15) is 0 Å². The monoisotopic (exact) mass is 291 g/mol. The van der Waals surface area contributed by atoms with Crippen LogP contribution in [0.15, 0.2) is 24.3 Å². The summed E-state index contributed by atoms with van der Waals surface area (Å²) in [7, 11) is 4.07. The fourth-order valence-corrected chi connectivity index (χ4v) is 3.48. The molecule has 0 aliphatic heterocycles. The van der Waals surface area contributed by atoms with E-state index in [-0.39, 0.29) is 29.8 Å². The van der Waals surface area contributed by atoms with E-state index in [1.165, 1.54) is 6.92 Å². The Morgan fingerprint density at radius 1 is 1.33 bits per heavy atom. The lowest BCUT2D eigenvalue weighted by atomic mass is 9.78. The molecule has 1 N–H and O–H groups in total. The molecule has 1 fully saturated rings. The van der Waals surface area contributed by atoms with Gasteiger partial charge in [0.1, 0.15) is 11.9 Å². The van der Waals surface area contributed by atoms with Gasteiger partial charge in [0, 0.05) is 18.9 Å². The van der Waals surface area contributed by atoms with Crippen LogP contribution in [0.5, 0.6) is 5.75 Å². The van der Waals surface area contributed by atoms with E-state index in [0.29, 0.717) is 0 Å². The molecule has 0 saturated heterocycles. The molecule has 4 heteroatoms. The highest BCUT2D eigenvalue weighted by atomic mass is 16.5. The molecule has 0 amide bonds. The summed E-state index contributed by atoms with van der Waals surface area (Å²) in [5.41, 5.74) is 1.07. The summed E-state index contributed by atoms with van der Waals surface area (Å²) >= 11 is 0. The number of hydrogen-bond acceptors (Lipinski definition) is 4. The van der Waals surface area contributed by atoms with Crippen molar-refractivity contribution < 1.29 is 14.6 Å². The van der Waals surface area contributed by atoms with Gasteiger partial charge in [-0.1, -0.05) is 18.6 Å². The molecule has 4 nitrogen and oxygen atoms in total. The molecule has 1 aliphatic rings. The van der Waals surface area contributed by atoms with E-state index >= 15 is 0 Å². The fourth-order valence-electron chi connectivity index (χ4n) is 3.48. The number of hydrogen-bond donors (Lipinski definition) is 1. The zero-order valence-corrected chi connectivity index (χ0v) is 13.1. The second-order valence-corrected chi connectivity index (χ2v) is 6.10. The van der Waals surface area contributed by atoms with Crippen molar-refractivity contribution in [3.63, 3.8) is 0 Å². The molecular formula is C17H25NO3. The van der Waals surface area contributed by atoms with Crippen LogP contribution < -0.4 is 0 Å². The van der Waals surface area contributed by atoms with Crippen LogP contribution in [0.1, 0.15) is 44.2 Å². The minimum Gasteiger partial charge on any atom is -0.508 e. The molecule has 1 aliphatic carbocycles. The topological polar surface area (TPSA) is 49.8 Å². The predicted octanol–water partition coefficient (Wildman–Crippen LogP) is 3.12. The third-order valence-corrected chi connectivity index (χ3v) is 4.24. The Labute approximate surface area is 126 Å². The highest BCUT2D eigenvalue weighted by molar-refractivity contribution is 5.66. The number of aromatic hydroxyl groups is 1. The Bertz CT molecular complexity index is 487. The SMILES string of the molecule is CC(=O)O[C@@H]1CCCC[C@@H]1C(c1cccc(O)c1)N(C)C. The maximum absolute atomic E-state index is 11.4. The lowest BCUT2D eigenvalue weighted by Crippen LogP contribution is -2.39. The minimum atomic E-state index is -0.208. The van der Waals surface area contributed by atoms with E-state index in [2.05, 4.69) is 4.90 Å². The van der Waals surface area contributed by atoms with Crippen LogP contribution in [0, 0.1) is 5.92 Å². The fraction of sp³-hybridized carbons (Fsp3) is 0.588. The maximum atomic E-state index is 11.4. The molecule has 116 valence electrons. The molecule has 0 spiro atoms. The van der Waals surface area contributed by atoms with Crippen molar-refractivity contribution in [1.82, 2.24) is 4.90 Å². The first-order valence-electron chi connectivity index (χ1n) is 7.61. The first-order chi connectivity index (χ1) is 9.99. The van der Waals surface area contributed by atoms with E-state index in [9.17, 15) is 9.90 Å². The highest BCUT2D eigenvalue weighted by Gasteiger charge is 2.35. The minimum absolute atomic E-state index is 0.0361. The summed E-state index contributed by atoms with van der Waals surface area (Å²) < 4.78 is 5.56. The molecule has 21 heavy (non-hydrogen) atoms. The van der Waals surface area contributed by atoms with Crippen LogP contribution in [0.4, 0.5) is 0 Å². The van der Waals surface area contributed by atoms with Gasteiger partial charge in [0.2, 0.25) is 0 Å². The van der Waals surface area contributed by atoms with E-state index < -0.39 is 0 Å². The second kappa shape index (κ2) is 6.94. The average Bonchev–Trinajstić information content (AvgIpc) is 2.40. The molecule has 1 unspecified atom stereocenters. The van der Waals surface area contributed by atoms with Crippen LogP contribution >= 0.6 is 0 Å². The summed E-state index contributed by atoms with van der Waals surface area (Å²) in [5, 5.41) is 9.75.